The van der Waals surface area contributed by atoms with Crippen LogP contribution < -0.4 is 10.1 Å². The molecule has 0 unspecified atom stereocenters. The Morgan fingerprint density at radius 1 is 1.12 bits per heavy atom. The van der Waals surface area contributed by atoms with E-state index in [1.54, 1.807) is 36.4 Å². The predicted molar refractivity (Wildman–Crippen MR) is 162 cm³/mol. The molecule has 1 saturated heterocycles. The Kier molecular flexibility index (Phi) is 9.11. The maximum absolute atomic E-state index is 14.9. The van der Waals surface area contributed by atoms with Gasteiger partial charge in [0.1, 0.15) is 53.0 Å². The molecule has 0 aliphatic carbocycles. The van der Waals surface area contributed by atoms with Crippen molar-refractivity contribution in [1.29, 1.82) is 0 Å². The van der Waals surface area contributed by atoms with Gasteiger partial charge in [-0.15, -0.1) is 0 Å². The Bertz CT molecular complexity index is 1590. The number of carbonyl (C=O) groups excluding carboxylic acids is 2. The number of carbonyl (C=O) groups is 2. The van der Waals surface area contributed by atoms with Gasteiger partial charge in [0, 0.05) is 15.1 Å². The Hall–Kier alpha value is -3.52. The summed E-state index contributed by atoms with van der Waals surface area (Å²) in [5, 5.41) is 21.3. The quantitative estimate of drug-likeness (QED) is 0.130. The molecule has 1 aliphatic rings. The molecule has 1 aromatic heterocycles. The number of nitrogens with zero attached hydrogens (tertiary/aromatic N) is 2. The summed E-state index contributed by atoms with van der Waals surface area (Å²) in [6, 6.07) is 18.1. The number of halogens is 3. The van der Waals surface area contributed by atoms with Crippen LogP contribution in [0.1, 0.15) is 41.9 Å². The van der Waals surface area contributed by atoms with E-state index in [0.717, 1.165) is 10.5 Å². The minimum absolute atomic E-state index is 0.0841. The van der Waals surface area contributed by atoms with Gasteiger partial charge in [-0.3, -0.25) is 9.69 Å². The van der Waals surface area contributed by atoms with Crippen LogP contribution in [0, 0.1) is 9.39 Å². The number of urea groups is 1. The molecular formula is C30H27ClFIN4O5. The fourth-order valence-corrected chi connectivity index (χ4v) is 5.57. The summed E-state index contributed by atoms with van der Waals surface area (Å²) in [5.74, 6) is -0.741. The molecule has 12 heteroatoms. The molecule has 5 rings (SSSR count). The molecule has 2 heterocycles. The van der Waals surface area contributed by atoms with Crippen molar-refractivity contribution < 1.29 is 28.9 Å². The van der Waals surface area contributed by atoms with Crippen LogP contribution in [0.4, 0.5) is 9.18 Å². The van der Waals surface area contributed by atoms with E-state index in [0.29, 0.717) is 14.9 Å². The third-order valence-electron chi connectivity index (χ3n) is 7.06. The van der Waals surface area contributed by atoms with Gasteiger partial charge in [-0.1, -0.05) is 61.0 Å². The van der Waals surface area contributed by atoms with Gasteiger partial charge in [0.05, 0.1) is 6.61 Å². The number of imide groups is 1. The van der Waals surface area contributed by atoms with Crippen LogP contribution in [-0.2, 0) is 4.79 Å². The molecule has 0 saturated carbocycles. The fraction of sp³-hybridized carbons (Fsp3) is 0.233. The molecule has 4 atom stereocenters. The SMILES string of the molecule is C[C@@H](c1ccccc1)[C@@H](c1nc(-c2ccc(I)cc2F)c(Cl)[nH]1)N1C(=O)N[C@H](c2ccc(OC[C@H](O)CO)cc2)C1=O. The third-order valence-corrected chi connectivity index (χ3v) is 8.00. The van der Waals surface area contributed by atoms with E-state index in [2.05, 4.69) is 15.3 Å². The molecule has 42 heavy (non-hydrogen) atoms. The van der Waals surface area contributed by atoms with Crippen molar-refractivity contribution in [3.63, 3.8) is 0 Å². The number of ether oxygens (including phenoxy) is 1. The first kappa shape index (κ1) is 30.0. The highest BCUT2D eigenvalue weighted by molar-refractivity contribution is 14.1. The lowest BCUT2D eigenvalue weighted by Gasteiger charge is -2.29. The van der Waals surface area contributed by atoms with Crippen LogP contribution in [0.5, 0.6) is 5.75 Å². The number of amides is 3. The average Bonchev–Trinajstić information content (AvgIpc) is 3.51. The monoisotopic (exact) mass is 704 g/mol. The highest BCUT2D eigenvalue weighted by atomic mass is 127. The van der Waals surface area contributed by atoms with Gasteiger partial charge in [0.2, 0.25) is 0 Å². The number of H-pyrrole nitrogens is 1. The molecule has 1 aliphatic heterocycles. The Balaban J connectivity index is 1.49. The molecule has 0 radical (unpaired) electrons. The number of hydrogen-bond acceptors (Lipinski definition) is 6. The Morgan fingerprint density at radius 3 is 2.50 bits per heavy atom. The molecule has 4 aromatic rings. The first-order valence-electron chi connectivity index (χ1n) is 13.1. The first-order chi connectivity index (χ1) is 20.2. The minimum atomic E-state index is -1.02. The van der Waals surface area contributed by atoms with Gasteiger partial charge in [0.25, 0.3) is 5.91 Å². The van der Waals surface area contributed by atoms with Crippen molar-refractivity contribution in [2.75, 3.05) is 13.2 Å². The number of aliphatic hydroxyl groups excluding tert-OH is 2. The number of aromatic amines is 1. The third kappa shape index (κ3) is 6.14. The maximum atomic E-state index is 14.9. The van der Waals surface area contributed by atoms with E-state index in [-0.39, 0.29) is 28.8 Å². The smallest absolute Gasteiger partial charge is 0.325 e. The number of benzene rings is 3. The normalized spacial score (nSPS) is 17.2. The summed E-state index contributed by atoms with van der Waals surface area (Å²) in [7, 11) is 0. The Labute approximate surface area is 259 Å². The summed E-state index contributed by atoms with van der Waals surface area (Å²) in [5.41, 5.74) is 1.75. The van der Waals surface area contributed by atoms with Crippen LogP contribution in [0.2, 0.25) is 5.15 Å². The maximum Gasteiger partial charge on any atom is 0.325 e. The number of nitrogens with one attached hydrogen (secondary N) is 2. The molecule has 0 bridgehead atoms. The number of aliphatic hydroxyl groups is 2. The van der Waals surface area contributed by atoms with Crippen molar-refractivity contribution in [3.05, 3.63) is 104 Å². The molecule has 0 spiro atoms. The summed E-state index contributed by atoms with van der Waals surface area (Å²) in [4.78, 5) is 36.1. The second-order valence-corrected chi connectivity index (χ2v) is 11.5. The van der Waals surface area contributed by atoms with Gasteiger partial charge in [-0.2, -0.15) is 0 Å². The molecule has 3 aromatic carbocycles. The molecular weight excluding hydrogens is 678 g/mol. The van der Waals surface area contributed by atoms with E-state index in [9.17, 15) is 19.1 Å². The van der Waals surface area contributed by atoms with Gasteiger partial charge < -0.3 is 25.3 Å². The Morgan fingerprint density at radius 2 is 1.83 bits per heavy atom. The van der Waals surface area contributed by atoms with E-state index in [1.807, 2.05) is 59.8 Å². The summed E-state index contributed by atoms with van der Waals surface area (Å²) in [6.45, 7) is 1.35. The highest BCUT2D eigenvalue weighted by Gasteiger charge is 2.46. The lowest BCUT2D eigenvalue weighted by atomic mass is 9.91. The molecule has 3 amide bonds. The molecule has 9 nitrogen and oxygen atoms in total. The minimum Gasteiger partial charge on any atom is -0.491 e. The summed E-state index contributed by atoms with van der Waals surface area (Å²) >= 11 is 8.54. The number of hydrogen-bond donors (Lipinski definition) is 4. The van der Waals surface area contributed by atoms with E-state index in [1.165, 1.54) is 6.07 Å². The van der Waals surface area contributed by atoms with Crippen LogP contribution in [0.25, 0.3) is 11.3 Å². The van der Waals surface area contributed by atoms with Gasteiger partial charge >= 0.3 is 6.03 Å². The molecule has 4 N–H and O–H groups in total. The lowest BCUT2D eigenvalue weighted by molar-refractivity contribution is -0.129. The zero-order valence-corrected chi connectivity index (χ0v) is 25.2. The topological polar surface area (TPSA) is 128 Å². The zero-order chi connectivity index (χ0) is 30.0. The van der Waals surface area contributed by atoms with Crippen molar-refractivity contribution in [2.45, 2.75) is 31.0 Å². The standard InChI is InChI=1S/C30H27ClFIN4O5/c1-16(17-5-3-2-4-6-17)26(28-34-25(27(31)36-28)22-12-9-19(33)13-23(22)32)37-29(40)24(35-30(37)41)18-7-10-21(11-8-18)42-15-20(39)14-38/h2-13,16,20,24,26,38-39H,14-15H2,1H3,(H,34,36)(H,35,41)/t16-,20+,24+,26-/m0/s1. The van der Waals surface area contributed by atoms with Crippen LogP contribution in [0.3, 0.4) is 0 Å². The van der Waals surface area contributed by atoms with Gasteiger partial charge in [-0.05, 0) is 64.0 Å². The molecule has 218 valence electrons. The first-order valence-corrected chi connectivity index (χ1v) is 14.5. The van der Waals surface area contributed by atoms with Crippen LogP contribution in [0.15, 0.2) is 72.8 Å². The lowest BCUT2D eigenvalue weighted by Crippen LogP contribution is -2.38. The largest absolute Gasteiger partial charge is 0.491 e. The van der Waals surface area contributed by atoms with Crippen molar-refractivity contribution in [2.24, 2.45) is 0 Å². The number of rotatable bonds is 10. The highest BCUT2D eigenvalue weighted by Crippen LogP contribution is 2.41. The van der Waals surface area contributed by atoms with Gasteiger partial charge in [-0.25, -0.2) is 14.2 Å². The second-order valence-electron chi connectivity index (χ2n) is 9.86. The molecule has 1 fully saturated rings. The summed E-state index contributed by atoms with van der Waals surface area (Å²) < 4.78 is 21.0. The fourth-order valence-electron chi connectivity index (χ4n) is 4.88. The van der Waals surface area contributed by atoms with Crippen molar-refractivity contribution >= 4 is 46.1 Å². The van der Waals surface area contributed by atoms with Crippen LogP contribution >= 0.6 is 34.2 Å². The van der Waals surface area contributed by atoms with E-state index < -0.39 is 48.5 Å². The average molecular weight is 705 g/mol. The second kappa shape index (κ2) is 12.8. The number of imidazole rings is 1. The van der Waals surface area contributed by atoms with Crippen LogP contribution in [-0.4, -0.2) is 56.3 Å². The number of aromatic nitrogens is 2. The summed E-state index contributed by atoms with van der Waals surface area (Å²) in [6.07, 6.45) is -1.02. The van der Waals surface area contributed by atoms with E-state index >= 15 is 0 Å². The van der Waals surface area contributed by atoms with Crippen molar-refractivity contribution in [1.82, 2.24) is 20.2 Å². The van der Waals surface area contributed by atoms with Gasteiger partial charge in [0.15, 0.2) is 0 Å². The predicted octanol–water partition coefficient (Wildman–Crippen LogP) is 5.34. The zero-order valence-electron chi connectivity index (χ0n) is 22.3. The van der Waals surface area contributed by atoms with Crippen molar-refractivity contribution in [3.8, 4) is 17.0 Å². The van der Waals surface area contributed by atoms with E-state index in [4.69, 9.17) is 21.4 Å².